The van der Waals surface area contributed by atoms with Gasteiger partial charge in [0.25, 0.3) is 0 Å². The largest absolute Gasteiger partial charge is 0.453 e. The van der Waals surface area contributed by atoms with Crippen LogP contribution in [0.25, 0.3) is 0 Å². The highest BCUT2D eigenvalue weighted by Gasteiger charge is 2.35. The van der Waals surface area contributed by atoms with Gasteiger partial charge in [-0.05, 0) is 43.0 Å². The molecule has 0 radical (unpaired) electrons. The molecule has 1 atom stereocenters. The smallest absolute Gasteiger partial charge is 0.409 e. The average Bonchev–Trinajstić information content (AvgIpc) is 3.08. The molecule has 27 heavy (non-hydrogen) atoms. The fourth-order valence-corrected chi connectivity index (χ4v) is 3.59. The molecule has 0 spiro atoms. The average molecular weight is 377 g/mol. The van der Waals surface area contributed by atoms with Crippen LogP contribution in [0.2, 0.25) is 0 Å². The number of nitrogens with zero attached hydrogens (tertiary/aromatic N) is 2. The number of anilines is 1. The molecule has 2 saturated heterocycles. The van der Waals surface area contributed by atoms with E-state index in [1.807, 2.05) is 0 Å². The number of amides is 3. The monoisotopic (exact) mass is 377 g/mol. The summed E-state index contributed by atoms with van der Waals surface area (Å²) in [5.74, 6) is -0.729. The Kier molecular flexibility index (Phi) is 5.93. The van der Waals surface area contributed by atoms with Crippen molar-refractivity contribution in [2.24, 2.45) is 11.8 Å². The van der Waals surface area contributed by atoms with Crippen molar-refractivity contribution in [2.75, 3.05) is 38.2 Å². The number of halogens is 1. The second-order valence-corrected chi connectivity index (χ2v) is 7.03. The van der Waals surface area contributed by atoms with Crippen LogP contribution in [0, 0.1) is 17.7 Å². The van der Waals surface area contributed by atoms with Crippen molar-refractivity contribution in [1.82, 2.24) is 10.2 Å². The highest BCUT2D eigenvalue weighted by atomic mass is 19.1. The number of piperidine rings is 1. The van der Waals surface area contributed by atoms with Gasteiger partial charge in [0.15, 0.2) is 0 Å². The van der Waals surface area contributed by atoms with Crippen LogP contribution in [0.4, 0.5) is 14.9 Å². The topological polar surface area (TPSA) is 79.0 Å². The fraction of sp³-hybridized carbons (Fsp3) is 0.526. The third-order valence-electron chi connectivity index (χ3n) is 5.25. The van der Waals surface area contributed by atoms with Crippen molar-refractivity contribution in [3.63, 3.8) is 0 Å². The molecule has 7 nitrogen and oxygen atoms in total. The number of nitrogens with one attached hydrogen (secondary N) is 1. The Morgan fingerprint density at radius 1 is 1.22 bits per heavy atom. The van der Waals surface area contributed by atoms with Crippen LogP contribution in [0.15, 0.2) is 24.3 Å². The highest BCUT2D eigenvalue weighted by molar-refractivity contribution is 6.00. The summed E-state index contributed by atoms with van der Waals surface area (Å²) in [6.45, 7) is 2.08. The molecule has 0 aliphatic carbocycles. The number of carbonyl (C=O) groups excluding carboxylic acids is 3. The van der Waals surface area contributed by atoms with Crippen LogP contribution in [0.5, 0.6) is 0 Å². The Morgan fingerprint density at radius 3 is 2.52 bits per heavy atom. The van der Waals surface area contributed by atoms with Crippen molar-refractivity contribution in [2.45, 2.75) is 19.3 Å². The molecule has 3 rings (SSSR count). The summed E-state index contributed by atoms with van der Waals surface area (Å²) >= 11 is 0. The second kappa shape index (κ2) is 8.37. The van der Waals surface area contributed by atoms with Gasteiger partial charge in [0.1, 0.15) is 5.82 Å². The van der Waals surface area contributed by atoms with E-state index in [0.29, 0.717) is 37.8 Å². The number of rotatable bonds is 4. The molecule has 2 heterocycles. The molecule has 0 aromatic heterocycles. The maximum absolute atomic E-state index is 13.0. The van der Waals surface area contributed by atoms with Gasteiger partial charge in [-0.3, -0.25) is 9.59 Å². The molecule has 0 bridgehead atoms. The minimum atomic E-state index is -0.405. The number of methoxy groups -OCH3 is 1. The van der Waals surface area contributed by atoms with Gasteiger partial charge in [0, 0.05) is 38.3 Å². The van der Waals surface area contributed by atoms with Crippen molar-refractivity contribution in [3.05, 3.63) is 30.1 Å². The molecular weight excluding hydrogens is 353 g/mol. The van der Waals surface area contributed by atoms with E-state index in [0.717, 1.165) is 12.8 Å². The fourth-order valence-electron chi connectivity index (χ4n) is 3.59. The first-order chi connectivity index (χ1) is 13.0. The number of hydrogen-bond acceptors (Lipinski definition) is 4. The number of benzene rings is 1. The highest BCUT2D eigenvalue weighted by Crippen LogP contribution is 2.25. The second-order valence-electron chi connectivity index (χ2n) is 7.03. The zero-order valence-electron chi connectivity index (χ0n) is 15.3. The lowest BCUT2D eigenvalue weighted by atomic mass is 9.96. The Bertz CT molecular complexity index is 701. The predicted octanol–water partition coefficient (Wildman–Crippen LogP) is 1.77. The van der Waals surface area contributed by atoms with Gasteiger partial charge in [-0.15, -0.1) is 0 Å². The summed E-state index contributed by atoms with van der Waals surface area (Å²) in [5.41, 5.74) is 0.604. The van der Waals surface area contributed by atoms with Gasteiger partial charge in [0.05, 0.1) is 13.0 Å². The van der Waals surface area contributed by atoms with Crippen molar-refractivity contribution >= 4 is 23.6 Å². The zero-order chi connectivity index (χ0) is 19.4. The summed E-state index contributed by atoms with van der Waals surface area (Å²) < 4.78 is 17.8. The zero-order valence-corrected chi connectivity index (χ0v) is 15.3. The third-order valence-corrected chi connectivity index (χ3v) is 5.25. The van der Waals surface area contributed by atoms with Crippen molar-refractivity contribution in [3.8, 4) is 0 Å². The Hall–Kier alpha value is -2.64. The van der Waals surface area contributed by atoms with Gasteiger partial charge in [-0.25, -0.2) is 9.18 Å². The van der Waals surface area contributed by atoms with Crippen LogP contribution in [-0.2, 0) is 14.3 Å². The molecule has 1 aromatic rings. The van der Waals surface area contributed by atoms with Gasteiger partial charge in [-0.2, -0.15) is 0 Å². The van der Waals surface area contributed by atoms with Crippen LogP contribution >= 0.6 is 0 Å². The van der Waals surface area contributed by atoms with E-state index in [1.165, 1.54) is 24.1 Å². The lowest BCUT2D eigenvalue weighted by Gasteiger charge is -2.31. The summed E-state index contributed by atoms with van der Waals surface area (Å²) in [6.07, 6.45) is 1.45. The van der Waals surface area contributed by atoms with Crippen LogP contribution in [0.3, 0.4) is 0 Å². The van der Waals surface area contributed by atoms with E-state index >= 15 is 0 Å². The standard InChI is InChI=1S/C19H24FN3O4/c1-27-19(26)22-8-6-13(7-9-22)11-21-18(25)14-10-17(24)23(12-14)16-4-2-15(20)3-5-16/h2-5,13-14H,6-12H2,1H3,(H,21,25)/t14-/m0/s1. The molecule has 0 saturated carbocycles. The first kappa shape index (κ1) is 19.1. The van der Waals surface area contributed by atoms with Crippen LogP contribution in [-0.4, -0.2) is 56.1 Å². The molecular formula is C19H24FN3O4. The molecule has 2 fully saturated rings. The third kappa shape index (κ3) is 4.56. The normalized spacial score (nSPS) is 20.7. The first-order valence-corrected chi connectivity index (χ1v) is 9.14. The Labute approximate surface area is 157 Å². The molecule has 8 heteroatoms. The Balaban J connectivity index is 1.46. The van der Waals surface area contributed by atoms with Crippen molar-refractivity contribution < 1.29 is 23.5 Å². The summed E-state index contributed by atoms with van der Waals surface area (Å²) in [7, 11) is 1.37. The van der Waals surface area contributed by atoms with E-state index in [2.05, 4.69) is 5.32 Å². The number of carbonyl (C=O) groups is 3. The van der Waals surface area contributed by atoms with Crippen LogP contribution < -0.4 is 10.2 Å². The molecule has 2 aliphatic heterocycles. The van der Waals surface area contributed by atoms with E-state index in [-0.39, 0.29) is 30.1 Å². The maximum atomic E-state index is 13.0. The van der Waals surface area contributed by atoms with Gasteiger partial charge in [0.2, 0.25) is 11.8 Å². The van der Waals surface area contributed by atoms with Gasteiger partial charge in [-0.1, -0.05) is 0 Å². The van der Waals surface area contributed by atoms with E-state index in [9.17, 15) is 18.8 Å². The van der Waals surface area contributed by atoms with E-state index in [4.69, 9.17) is 4.74 Å². The Morgan fingerprint density at radius 2 is 1.89 bits per heavy atom. The summed E-state index contributed by atoms with van der Waals surface area (Å²) in [6, 6.07) is 5.69. The quantitative estimate of drug-likeness (QED) is 0.867. The van der Waals surface area contributed by atoms with Crippen molar-refractivity contribution in [1.29, 1.82) is 0 Å². The lowest BCUT2D eigenvalue weighted by molar-refractivity contribution is -0.126. The molecule has 3 amide bonds. The number of hydrogen-bond donors (Lipinski definition) is 1. The lowest BCUT2D eigenvalue weighted by Crippen LogP contribution is -2.42. The SMILES string of the molecule is COC(=O)N1CCC(CNC(=O)[C@H]2CC(=O)N(c3ccc(F)cc3)C2)CC1. The minimum Gasteiger partial charge on any atom is -0.453 e. The molecule has 146 valence electrons. The van der Waals surface area contributed by atoms with Gasteiger partial charge < -0.3 is 19.9 Å². The molecule has 1 aromatic carbocycles. The number of ether oxygens (including phenoxy) is 1. The minimum absolute atomic E-state index is 0.131. The summed E-state index contributed by atoms with van der Waals surface area (Å²) in [4.78, 5) is 39.3. The van der Waals surface area contributed by atoms with Gasteiger partial charge >= 0.3 is 6.09 Å². The predicted molar refractivity (Wildman–Crippen MR) is 96.6 cm³/mol. The molecule has 2 aliphatic rings. The molecule has 0 unspecified atom stereocenters. The van der Waals surface area contributed by atoms with Crippen LogP contribution in [0.1, 0.15) is 19.3 Å². The van der Waals surface area contributed by atoms with E-state index < -0.39 is 5.92 Å². The van der Waals surface area contributed by atoms with E-state index in [1.54, 1.807) is 17.0 Å². The first-order valence-electron chi connectivity index (χ1n) is 9.14. The maximum Gasteiger partial charge on any atom is 0.409 e. The molecule has 1 N–H and O–H groups in total. The summed E-state index contributed by atoms with van der Waals surface area (Å²) in [5, 5.41) is 2.94. The number of likely N-dealkylation sites (tertiary alicyclic amines) is 1.